The molecule has 1 rings (SSSR count). The molecule has 0 radical (unpaired) electrons. The second-order valence-corrected chi connectivity index (χ2v) is 3.03. The zero-order valence-electron chi connectivity index (χ0n) is 7.72. The molecule has 0 saturated heterocycles. The minimum Gasteiger partial charge on any atom is -0.330 e. The fourth-order valence-corrected chi connectivity index (χ4v) is 1.19. The van der Waals surface area contributed by atoms with Crippen molar-refractivity contribution in [2.45, 2.75) is 12.5 Å². The molecule has 76 valence electrons. The predicted molar refractivity (Wildman–Crippen MR) is 53.7 cm³/mol. The second-order valence-electron chi connectivity index (χ2n) is 3.03. The van der Waals surface area contributed by atoms with Gasteiger partial charge in [0.05, 0.1) is 4.92 Å². The van der Waals surface area contributed by atoms with Crippen molar-refractivity contribution in [3.63, 3.8) is 0 Å². The monoisotopic (exact) mass is 195 g/mol. The molecule has 0 aliphatic heterocycles. The summed E-state index contributed by atoms with van der Waals surface area (Å²) in [5.74, 6) is 0. The van der Waals surface area contributed by atoms with Crippen LogP contribution in [-0.2, 0) is 0 Å². The lowest BCUT2D eigenvalue weighted by molar-refractivity contribution is -0.384. The first-order valence-corrected chi connectivity index (χ1v) is 4.35. The van der Waals surface area contributed by atoms with E-state index in [-0.39, 0.29) is 11.7 Å². The van der Waals surface area contributed by atoms with Crippen LogP contribution in [0.15, 0.2) is 24.3 Å². The highest BCUT2D eigenvalue weighted by atomic mass is 16.6. The van der Waals surface area contributed by atoms with Gasteiger partial charge in [-0.3, -0.25) is 10.1 Å². The van der Waals surface area contributed by atoms with Crippen molar-refractivity contribution < 1.29 is 4.92 Å². The number of benzene rings is 1. The SMILES string of the molecule is NCCC(N)c1ccc([N+](=O)[O-])cc1. The van der Waals surface area contributed by atoms with E-state index in [1.54, 1.807) is 12.1 Å². The van der Waals surface area contributed by atoms with Gasteiger partial charge in [0.1, 0.15) is 0 Å². The number of rotatable bonds is 4. The first-order valence-electron chi connectivity index (χ1n) is 4.35. The number of nitrogens with zero attached hydrogens (tertiary/aromatic N) is 1. The highest BCUT2D eigenvalue weighted by Gasteiger charge is 2.08. The summed E-state index contributed by atoms with van der Waals surface area (Å²) in [7, 11) is 0. The zero-order chi connectivity index (χ0) is 10.6. The fraction of sp³-hybridized carbons (Fsp3) is 0.333. The van der Waals surface area contributed by atoms with E-state index in [1.807, 2.05) is 0 Å². The highest BCUT2D eigenvalue weighted by molar-refractivity contribution is 5.34. The average molecular weight is 195 g/mol. The fourth-order valence-electron chi connectivity index (χ4n) is 1.19. The van der Waals surface area contributed by atoms with Crippen LogP contribution in [0, 0.1) is 10.1 Å². The summed E-state index contributed by atoms with van der Waals surface area (Å²) in [4.78, 5) is 9.93. The van der Waals surface area contributed by atoms with Crippen molar-refractivity contribution in [2.75, 3.05) is 6.54 Å². The Balaban J connectivity index is 2.77. The van der Waals surface area contributed by atoms with Crippen molar-refractivity contribution >= 4 is 5.69 Å². The summed E-state index contributed by atoms with van der Waals surface area (Å²) in [6, 6.07) is 6.09. The molecule has 0 amide bonds. The molecular formula is C9H13N3O2. The first-order chi connectivity index (χ1) is 6.65. The summed E-state index contributed by atoms with van der Waals surface area (Å²) < 4.78 is 0. The van der Waals surface area contributed by atoms with Gasteiger partial charge in [0.2, 0.25) is 0 Å². The lowest BCUT2D eigenvalue weighted by Gasteiger charge is -2.09. The third kappa shape index (κ3) is 2.51. The van der Waals surface area contributed by atoms with Crippen LogP contribution in [0.1, 0.15) is 18.0 Å². The van der Waals surface area contributed by atoms with Crippen LogP contribution < -0.4 is 11.5 Å². The standard InChI is InChI=1S/C9H13N3O2/c10-6-5-9(11)7-1-3-8(4-2-7)12(13)14/h1-4,9H,5-6,10-11H2. The molecule has 0 saturated carbocycles. The Morgan fingerprint density at radius 1 is 1.36 bits per heavy atom. The number of nitro benzene ring substituents is 1. The van der Waals surface area contributed by atoms with Crippen molar-refractivity contribution in [1.82, 2.24) is 0 Å². The van der Waals surface area contributed by atoms with Crippen molar-refractivity contribution in [3.05, 3.63) is 39.9 Å². The number of non-ortho nitro benzene ring substituents is 1. The average Bonchev–Trinajstić information content (AvgIpc) is 2.18. The van der Waals surface area contributed by atoms with Crippen molar-refractivity contribution in [2.24, 2.45) is 11.5 Å². The molecule has 0 aliphatic rings. The summed E-state index contributed by atoms with van der Waals surface area (Å²) >= 11 is 0. The summed E-state index contributed by atoms with van der Waals surface area (Å²) in [5.41, 5.74) is 12.1. The van der Waals surface area contributed by atoms with E-state index >= 15 is 0 Å². The smallest absolute Gasteiger partial charge is 0.269 e. The van der Waals surface area contributed by atoms with Gasteiger partial charge in [-0.05, 0) is 18.5 Å². The Morgan fingerprint density at radius 2 is 1.93 bits per heavy atom. The van der Waals surface area contributed by atoms with Gasteiger partial charge in [-0.2, -0.15) is 0 Å². The third-order valence-electron chi connectivity index (χ3n) is 2.01. The van der Waals surface area contributed by atoms with Gasteiger partial charge in [0, 0.05) is 18.2 Å². The summed E-state index contributed by atoms with van der Waals surface area (Å²) in [6.45, 7) is 0.512. The van der Waals surface area contributed by atoms with E-state index in [0.717, 1.165) is 5.56 Å². The molecule has 1 unspecified atom stereocenters. The van der Waals surface area contributed by atoms with Crippen molar-refractivity contribution in [3.8, 4) is 0 Å². The van der Waals surface area contributed by atoms with E-state index in [9.17, 15) is 10.1 Å². The normalized spacial score (nSPS) is 12.4. The Kier molecular flexibility index (Phi) is 3.55. The van der Waals surface area contributed by atoms with Crippen LogP contribution in [0.3, 0.4) is 0 Å². The predicted octanol–water partition coefficient (Wildman–Crippen LogP) is 0.943. The van der Waals surface area contributed by atoms with E-state index in [0.29, 0.717) is 13.0 Å². The summed E-state index contributed by atoms with van der Waals surface area (Å²) in [6.07, 6.45) is 0.678. The molecule has 4 N–H and O–H groups in total. The highest BCUT2D eigenvalue weighted by Crippen LogP contribution is 2.17. The topological polar surface area (TPSA) is 95.2 Å². The van der Waals surface area contributed by atoms with Crippen LogP contribution in [0.4, 0.5) is 5.69 Å². The van der Waals surface area contributed by atoms with Gasteiger partial charge in [-0.15, -0.1) is 0 Å². The molecule has 5 heteroatoms. The second kappa shape index (κ2) is 4.69. The number of hydrogen-bond acceptors (Lipinski definition) is 4. The van der Waals surface area contributed by atoms with E-state index in [2.05, 4.69) is 0 Å². The van der Waals surface area contributed by atoms with Crippen LogP contribution in [-0.4, -0.2) is 11.5 Å². The number of nitro groups is 1. The molecule has 0 bridgehead atoms. The lowest BCUT2D eigenvalue weighted by Crippen LogP contribution is -2.15. The maximum Gasteiger partial charge on any atom is 0.269 e. The Labute approximate surface area is 81.9 Å². The number of nitrogens with two attached hydrogens (primary N) is 2. The molecule has 0 aromatic heterocycles. The van der Waals surface area contributed by atoms with Gasteiger partial charge in [0.25, 0.3) is 5.69 Å². The van der Waals surface area contributed by atoms with E-state index < -0.39 is 4.92 Å². The Morgan fingerprint density at radius 3 is 2.36 bits per heavy atom. The van der Waals surface area contributed by atoms with Crippen molar-refractivity contribution in [1.29, 1.82) is 0 Å². The Bertz CT molecular complexity index is 310. The molecule has 14 heavy (non-hydrogen) atoms. The first kappa shape index (κ1) is 10.6. The molecule has 0 aliphatic carbocycles. The number of hydrogen-bond donors (Lipinski definition) is 2. The van der Waals surface area contributed by atoms with Crippen LogP contribution >= 0.6 is 0 Å². The zero-order valence-corrected chi connectivity index (χ0v) is 7.72. The minimum absolute atomic E-state index is 0.0775. The molecule has 0 heterocycles. The van der Waals surface area contributed by atoms with Gasteiger partial charge in [-0.1, -0.05) is 12.1 Å². The quantitative estimate of drug-likeness (QED) is 0.552. The maximum absolute atomic E-state index is 10.4. The van der Waals surface area contributed by atoms with Gasteiger partial charge < -0.3 is 11.5 Å². The van der Waals surface area contributed by atoms with E-state index in [4.69, 9.17) is 11.5 Å². The minimum atomic E-state index is -0.432. The Hall–Kier alpha value is -1.46. The molecule has 5 nitrogen and oxygen atoms in total. The van der Waals surface area contributed by atoms with Crippen LogP contribution in [0.25, 0.3) is 0 Å². The molecule has 1 atom stereocenters. The third-order valence-corrected chi connectivity index (χ3v) is 2.01. The lowest BCUT2D eigenvalue weighted by atomic mass is 10.0. The van der Waals surface area contributed by atoms with Gasteiger partial charge in [-0.25, -0.2) is 0 Å². The molecule has 0 fully saturated rings. The van der Waals surface area contributed by atoms with E-state index in [1.165, 1.54) is 12.1 Å². The molecule has 1 aromatic carbocycles. The van der Waals surface area contributed by atoms with Crippen LogP contribution in [0.2, 0.25) is 0 Å². The van der Waals surface area contributed by atoms with Gasteiger partial charge >= 0.3 is 0 Å². The largest absolute Gasteiger partial charge is 0.330 e. The van der Waals surface area contributed by atoms with Crippen LogP contribution in [0.5, 0.6) is 0 Å². The summed E-state index contributed by atoms with van der Waals surface area (Å²) in [5, 5.41) is 10.4. The molecule has 0 spiro atoms. The maximum atomic E-state index is 10.4. The van der Waals surface area contributed by atoms with Gasteiger partial charge in [0.15, 0.2) is 0 Å². The molecule has 1 aromatic rings. The molecular weight excluding hydrogens is 182 g/mol.